The zero-order valence-electron chi connectivity index (χ0n) is 18.0. The maximum absolute atomic E-state index is 12.4. The Balaban J connectivity index is 1.54. The second-order valence-corrected chi connectivity index (χ2v) is 7.62. The summed E-state index contributed by atoms with van der Waals surface area (Å²) < 4.78 is 5.56. The van der Waals surface area contributed by atoms with E-state index >= 15 is 0 Å². The summed E-state index contributed by atoms with van der Waals surface area (Å²) in [5.74, 6) is 0.321. The van der Waals surface area contributed by atoms with E-state index in [0.717, 1.165) is 42.8 Å². The molecule has 0 saturated carbocycles. The standard InChI is InChI=1S/C25H31N3O3/c1-31-23-13-7-6-12-21(23)22(28-16-8-3-9-17-28)18-26-25(30)19-27-24(29)15-14-20-10-4-2-5-11-20/h2,4-7,10-15,22H,3,8-9,16-19H2,1H3,(H,26,30)(H,27,29)/b15-14+. The molecule has 2 amide bonds. The van der Waals surface area contributed by atoms with Gasteiger partial charge in [-0.3, -0.25) is 14.5 Å². The van der Waals surface area contributed by atoms with Gasteiger partial charge in [0.2, 0.25) is 11.8 Å². The van der Waals surface area contributed by atoms with Crippen LogP contribution in [0.5, 0.6) is 5.75 Å². The zero-order chi connectivity index (χ0) is 21.9. The zero-order valence-corrected chi connectivity index (χ0v) is 18.0. The van der Waals surface area contributed by atoms with Gasteiger partial charge < -0.3 is 15.4 Å². The summed E-state index contributed by atoms with van der Waals surface area (Å²) in [5, 5.41) is 5.63. The molecule has 1 aliphatic rings. The van der Waals surface area contributed by atoms with Gasteiger partial charge in [-0.25, -0.2) is 0 Å². The summed E-state index contributed by atoms with van der Waals surface area (Å²) in [6, 6.07) is 17.6. The van der Waals surface area contributed by atoms with Crippen molar-refractivity contribution in [3.63, 3.8) is 0 Å². The number of ether oxygens (including phenoxy) is 1. The molecule has 0 radical (unpaired) electrons. The molecule has 0 aliphatic carbocycles. The van der Waals surface area contributed by atoms with Gasteiger partial charge in [0.25, 0.3) is 0 Å². The lowest BCUT2D eigenvalue weighted by Gasteiger charge is -2.35. The van der Waals surface area contributed by atoms with Crippen molar-refractivity contribution in [1.29, 1.82) is 0 Å². The van der Waals surface area contributed by atoms with Crippen LogP contribution in [0.4, 0.5) is 0 Å². The van der Waals surface area contributed by atoms with Crippen LogP contribution < -0.4 is 15.4 Å². The number of hydrogen-bond acceptors (Lipinski definition) is 4. The van der Waals surface area contributed by atoms with Crippen molar-refractivity contribution in [1.82, 2.24) is 15.5 Å². The molecule has 164 valence electrons. The Kier molecular flexibility index (Phi) is 8.67. The Morgan fingerprint density at radius 3 is 2.45 bits per heavy atom. The van der Waals surface area contributed by atoms with Crippen LogP contribution in [0.2, 0.25) is 0 Å². The fourth-order valence-electron chi connectivity index (χ4n) is 3.84. The van der Waals surface area contributed by atoms with Crippen LogP contribution in [0, 0.1) is 0 Å². The second kappa shape index (κ2) is 11.9. The third-order valence-electron chi connectivity index (χ3n) is 5.47. The van der Waals surface area contributed by atoms with E-state index in [2.05, 4.69) is 21.6 Å². The number of carbonyl (C=O) groups excluding carboxylic acids is 2. The molecule has 1 saturated heterocycles. The Morgan fingerprint density at radius 2 is 1.71 bits per heavy atom. The lowest BCUT2D eigenvalue weighted by molar-refractivity contribution is -0.124. The van der Waals surface area contributed by atoms with Gasteiger partial charge in [0, 0.05) is 18.2 Å². The molecular weight excluding hydrogens is 390 g/mol. The number of piperidine rings is 1. The maximum Gasteiger partial charge on any atom is 0.244 e. The van der Waals surface area contributed by atoms with Gasteiger partial charge in [-0.2, -0.15) is 0 Å². The molecule has 2 aromatic carbocycles. The fraction of sp³-hybridized carbons (Fsp3) is 0.360. The highest BCUT2D eigenvalue weighted by molar-refractivity contribution is 5.94. The van der Waals surface area contributed by atoms with E-state index in [1.54, 1.807) is 13.2 Å². The van der Waals surface area contributed by atoms with E-state index < -0.39 is 0 Å². The van der Waals surface area contributed by atoms with E-state index in [-0.39, 0.29) is 24.4 Å². The fourth-order valence-corrected chi connectivity index (χ4v) is 3.84. The topological polar surface area (TPSA) is 70.7 Å². The quantitative estimate of drug-likeness (QED) is 0.610. The molecule has 6 nitrogen and oxygen atoms in total. The molecule has 0 aromatic heterocycles. The van der Waals surface area contributed by atoms with Crippen LogP contribution in [0.15, 0.2) is 60.7 Å². The number of rotatable bonds is 9. The van der Waals surface area contributed by atoms with E-state index in [4.69, 9.17) is 4.74 Å². The number of amides is 2. The minimum atomic E-state index is -0.295. The van der Waals surface area contributed by atoms with Gasteiger partial charge in [-0.1, -0.05) is 55.0 Å². The molecule has 1 aliphatic heterocycles. The number of hydrogen-bond donors (Lipinski definition) is 2. The molecule has 0 bridgehead atoms. The number of nitrogens with one attached hydrogen (secondary N) is 2. The number of nitrogens with zero attached hydrogens (tertiary/aromatic N) is 1. The average molecular weight is 422 g/mol. The van der Waals surface area contributed by atoms with Crippen molar-refractivity contribution >= 4 is 17.9 Å². The second-order valence-electron chi connectivity index (χ2n) is 7.62. The summed E-state index contributed by atoms with van der Waals surface area (Å²) >= 11 is 0. The molecule has 1 unspecified atom stereocenters. The highest BCUT2D eigenvalue weighted by Gasteiger charge is 2.25. The van der Waals surface area contributed by atoms with Gasteiger partial charge in [0.05, 0.1) is 19.7 Å². The summed E-state index contributed by atoms with van der Waals surface area (Å²) in [6.07, 6.45) is 6.71. The smallest absolute Gasteiger partial charge is 0.244 e. The van der Waals surface area contributed by atoms with Crippen LogP contribution in [-0.4, -0.2) is 50.0 Å². The van der Waals surface area contributed by atoms with E-state index in [1.165, 1.54) is 12.5 Å². The molecule has 3 rings (SSSR count). The third-order valence-corrected chi connectivity index (χ3v) is 5.47. The number of carbonyl (C=O) groups is 2. The summed E-state index contributed by atoms with van der Waals surface area (Å²) in [7, 11) is 1.67. The Bertz CT molecular complexity index is 877. The van der Waals surface area contributed by atoms with Crippen LogP contribution in [0.1, 0.15) is 36.4 Å². The number of methoxy groups -OCH3 is 1. The van der Waals surface area contributed by atoms with E-state index in [9.17, 15) is 9.59 Å². The SMILES string of the molecule is COc1ccccc1C(CNC(=O)CNC(=O)/C=C/c1ccccc1)N1CCCCC1. The van der Waals surface area contributed by atoms with Gasteiger partial charge in [0.1, 0.15) is 5.75 Å². The van der Waals surface area contributed by atoms with Crippen molar-refractivity contribution < 1.29 is 14.3 Å². The van der Waals surface area contributed by atoms with Gasteiger partial charge >= 0.3 is 0 Å². The number of likely N-dealkylation sites (tertiary alicyclic amines) is 1. The van der Waals surface area contributed by atoms with Gasteiger partial charge in [-0.05, 0) is 43.6 Å². The highest BCUT2D eigenvalue weighted by atomic mass is 16.5. The van der Waals surface area contributed by atoms with Gasteiger partial charge in [0.15, 0.2) is 0 Å². The first-order valence-electron chi connectivity index (χ1n) is 10.8. The van der Waals surface area contributed by atoms with Crippen LogP contribution in [0.3, 0.4) is 0 Å². The molecule has 1 fully saturated rings. The van der Waals surface area contributed by atoms with Crippen LogP contribution in [0.25, 0.3) is 6.08 Å². The maximum atomic E-state index is 12.4. The Labute approximate surface area is 184 Å². The van der Waals surface area contributed by atoms with Crippen LogP contribution >= 0.6 is 0 Å². The molecular formula is C25H31N3O3. The van der Waals surface area contributed by atoms with Crippen molar-refractivity contribution in [3.8, 4) is 5.75 Å². The average Bonchev–Trinajstić information content (AvgIpc) is 2.83. The number of benzene rings is 2. The molecule has 2 aromatic rings. The molecule has 1 heterocycles. The normalized spacial score (nSPS) is 15.4. The summed E-state index contributed by atoms with van der Waals surface area (Å²) in [4.78, 5) is 26.8. The van der Waals surface area contributed by atoms with Gasteiger partial charge in [-0.15, -0.1) is 0 Å². The Hall–Kier alpha value is -3.12. The molecule has 31 heavy (non-hydrogen) atoms. The Morgan fingerprint density at radius 1 is 1.00 bits per heavy atom. The van der Waals surface area contributed by atoms with E-state index in [0.29, 0.717) is 6.54 Å². The minimum absolute atomic E-state index is 0.0362. The van der Waals surface area contributed by atoms with Crippen molar-refractivity contribution in [2.24, 2.45) is 0 Å². The predicted molar refractivity (Wildman–Crippen MR) is 123 cm³/mol. The van der Waals surface area contributed by atoms with Crippen molar-refractivity contribution in [2.75, 3.05) is 33.3 Å². The molecule has 6 heteroatoms. The first-order chi connectivity index (χ1) is 15.2. The first kappa shape index (κ1) is 22.6. The minimum Gasteiger partial charge on any atom is -0.496 e. The van der Waals surface area contributed by atoms with Crippen LogP contribution in [-0.2, 0) is 9.59 Å². The summed E-state index contributed by atoms with van der Waals surface area (Å²) in [6.45, 7) is 2.41. The number of para-hydroxylation sites is 1. The molecule has 2 N–H and O–H groups in total. The molecule has 0 spiro atoms. The predicted octanol–water partition coefficient (Wildman–Crippen LogP) is 3.17. The van der Waals surface area contributed by atoms with Crippen molar-refractivity contribution in [2.45, 2.75) is 25.3 Å². The highest BCUT2D eigenvalue weighted by Crippen LogP contribution is 2.30. The first-order valence-corrected chi connectivity index (χ1v) is 10.8. The lowest BCUT2D eigenvalue weighted by atomic mass is 10.0. The monoisotopic (exact) mass is 421 g/mol. The van der Waals surface area contributed by atoms with Crippen molar-refractivity contribution in [3.05, 3.63) is 71.8 Å². The largest absolute Gasteiger partial charge is 0.496 e. The molecule has 1 atom stereocenters. The lowest BCUT2D eigenvalue weighted by Crippen LogP contribution is -2.43. The van der Waals surface area contributed by atoms with E-state index in [1.807, 2.05) is 48.5 Å². The third kappa shape index (κ3) is 6.96. The summed E-state index contributed by atoms with van der Waals surface area (Å²) in [5.41, 5.74) is 2.00.